The molecule has 0 spiro atoms. The van der Waals surface area contributed by atoms with Gasteiger partial charge in [-0.05, 0) is 55.6 Å². The van der Waals surface area contributed by atoms with E-state index >= 15 is 0 Å². The van der Waals surface area contributed by atoms with Gasteiger partial charge in [0.2, 0.25) is 0 Å². The summed E-state index contributed by atoms with van der Waals surface area (Å²) in [5, 5.41) is 10.5. The Labute approximate surface area is 127 Å². The van der Waals surface area contributed by atoms with Crippen LogP contribution in [0.25, 0.3) is 0 Å². The largest absolute Gasteiger partial charge is 0.388 e. The van der Waals surface area contributed by atoms with Gasteiger partial charge in [0.1, 0.15) is 0 Å². The third-order valence-electron chi connectivity index (χ3n) is 4.81. The SMILES string of the molecule is Cc1ccc(CC2CC[C@H]([C@H](O)c3ccccc3)C2)cc1. The zero-order valence-corrected chi connectivity index (χ0v) is 12.7. The van der Waals surface area contributed by atoms with Gasteiger partial charge in [-0.25, -0.2) is 0 Å². The van der Waals surface area contributed by atoms with Gasteiger partial charge in [0.15, 0.2) is 0 Å². The number of hydrogen-bond acceptors (Lipinski definition) is 1. The molecule has 0 saturated heterocycles. The molecule has 0 amide bonds. The third-order valence-corrected chi connectivity index (χ3v) is 4.81. The quantitative estimate of drug-likeness (QED) is 0.861. The summed E-state index contributed by atoms with van der Waals surface area (Å²) in [6.07, 6.45) is 4.38. The number of aliphatic hydroxyl groups excluding tert-OH is 1. The fourth-order valence-electron chi connectivity index (χ4n) is 3.57. The molecular formula is C20H24O. The summed E-state index contributed by atoms with van der Waals surface area (Å²) >= 11 is 0. The summed E-state index contributed by atoms with van der Waals surface area (Å²) < 4.78 is 0. The molecule has 1 aliphatic carbocycles. The lowest BCUT2D eigenvalue weighted by Gasteiger charge is -2.18. The van der Waals surface area contributed by atoms with Crippen LogP contribution in [0.1, 0.15) is 42.1 Å². The van der Waals surface area contributed by atoms with Crippen LogP contribution < -0.4 is 0 Å². The Morgan fingerprint density at radius 1 is 1.00 bits per heavy atom. The van der Waals surface area contributed by atoms with E-state index in [0.717, 1.165) is 30.7 Å². The standard InChI is InChI=1S/C20H24O/c1-15-7-9-16(10-8-15)13-17-11-12-19(14-17)20(21)18-5-3-2-4-6-18/h2-10,17,19-21H,11-14H2,1H3/t17?,19-,20+/m0/s1. The Bertz CT molecular complexity index is 558. The molecule has 1 heteroatoms. The minimum absolute atomic E-state index is 0.297. The van der Waals surface area contributed by atoms with Gasteiger partial charge in [0.05, 0.1) is 6.10 Å². The van der Waals surface area contributed by atoms with Crippen LogP contribution in [0.2, 0.25) is 0 Å². The highest BCUT2D eigenvalue weighted by molar-refractivity contribution is 5.22. The van der Waals surface area contributed by atoms with E-state index in [1.807, 2.05) is 30.3 Å². The Morgan fingerprint density at radius 2 is 1.71 bits per heavy atom. The van der Waals surface area contributed by atoms with Crippen molar-refractivity contribution in [3.63, 3.8) is 0 Å². The van der Waals surface area contributed by atoms with Crippen molar-refractivity contribution in [2.24, 2.45) is 11.8 Å². The highest BCUT2D eigenvalue weighted by atomic mass is 16.3. The first-order chi connectivity index (χ1) is 10.2. The molecule has 3 rings (SSSR count). The van der Waals surface area contributed by atoms with Crippen LogP contribution in [0.15, 0.2) is 54.6 Å². The van der Waals surface area contributed by atoms with Gasteiger partial charge in [0, 0.05) is 0 Å². The van der Waals surface area contributed by atoms with E-state index in [0.29, 0.717) is 5.92 Å². The molecule has 1 N–H and O–H groups in total. The molecule has 21 heavy (non-hydrogen) atoms. The molecule has 0 heterocycles. The van der Waals surface area contributed by atoms with E-state index in [1.165, 1.54) is 17.5 Å². The average Bonchev–Trinajstić information content (AvgIpc) is 2.98. The van der Waals surface area contributed by atoms with Crippen LogP contribution in [-0.4, -0.2) is 5.11 Å². The number of aliphatic hydroxyl groups is 1. The van der Waals surface area contributed by atoms with Crippen molar-refractivity contribution in [1.29, 1.82) is 0 Å². The van der Waals surface area contributed by atoms with Gasteiger partial charge >= 0.3 is 0 Å². The van der Waals surface area contributed by atoms with Gasteiger partial charge in [-0.3, -0.25) is 0 Å². The molecule has 2 aromatic rings. The molecule has 1 unspecified atom stereocenters. The Balaban J connectivity index is 1.59. The van der Waals surface area contributed by atoms with Crippen molar-refractivity contribution in [1.82, 2.24) is 0 Å². The Morgan fingerprint density at radius 3 is 2.43 bits per heavy atom. The van der Waals surface area contributed by atoms with Gasteiger partial charge in [-0.1, -0.05) is 60.2 Å². The summed E-state index contributed by atoms with van der Waals surface area (Å²) in [6.45, 7) is 2.13. The molecular weight excluding hydrogens is 256 g/mol. The van der Waals surface area contributed by atoms with Crippen molar-refractivity contribution in [3.8, 4) is 0 Å². The first-order valence-electron chi connectivity index (χ1n) is 8.01. The smallest absolute Gasteiger partial charge is 0.0818 e. The molecule has 110 valence electrons. The lowest BCUT2D eigenvalue weighted by Crippen LogP contribution is -2.10. The summed E-state index contributed by atoms with van der Waals surface area (Å²) in [5.41, 5.74) is 3.82. The maximum atomic E-state index is 10.5. The minimum Gasteiger partial charge on any atom is -0.388 e. The van der Waals surface area contributed by atoms with Crippen molar-refractivity contribution >= 4 is 0 Å². The van der Waals surface area contributed by atoms with Crippen LogP contribution >= 0.6 is 0 Å². The van der Waals surface area contributed by atoms with Gasteiger partial charge < -0.3 is 5.11 Å². The van der Waals surface area contributed by atoms with Gasteiger partial charge in [0.25, 0.3) is 0 Å². The van der Waals surface area contributed by atoms with Gasteiger partial charge in [-0.15, -0.1) is 0 Å². The van der Waals surface area contributed by atoms with E-state index in [-0.39, 0.29) is 6.10 Å². The molecule has 1 nitrogen and oxygen atoms in total. The van der Waals surface area contributed by atoms with E-state index in [4.69, 9.17) is 0 Å². The molecule has 3 atom stereocenters. The van der Waals surface area contributed by atoms with Crippen LogP contribution in [0.3, 0.4) is 0 Å². The fraction of sp³-hybridized carbons (Fsp3) is 0.400. The second-order valence-electron chi connectivity index (χ2n) is 6.48. The molecule has 0 radical (unpaired) electrons. The highest BCUT2D eigenvalue weighted by Crippen LogP contribution is 2.40. The highest BCUT2D eigenvalue weighted by Gasteiger charge is 2.30. The van der Waals surface area contributed by atoms with Crippen LogP contribution in [0.4, 0.5) is 0 Å². The van der Waals surface area contributed by atoms with E-state index in [1.54, 1.807) is 0 Å². The van der Waals surface area contributed by atoms with Crippen LogP contribution in [0, 0.1) is 18.8 Å². The summed E-state index contributed by atoms with van der Waals surface area (Å²) in [6, 6.07) is 19.0. The van der Waals surface area contributed by atoms with Crippen molar-refractivity contribution in [2.75, 3.05) is 0 Å². The van der Waals surface area contributed by atoms with Crippen molar-refractivity contribution < 1.29 is 5.11 Å². The molecule has 1 saturated carbocycles. The Hall–Kier alpha value is -1.60. The zero-order chi connectivity index (χ0) is 14.7. The van der Waals surface area contributed by atoms with Crippen LogP contribution in [0.5, 0.6) is 0 Å². The molecule has 1 fully saturated rings. The minimum atomic E-state index is -0.297. The van der Waals surface area contributed by atoms with E-state index < -0.39 is 0 Å². The number of hydrogen-bond donors (Lipinski definition) is 1. The second kappa shape index (κ2) is 6.44. The predicted molar refractivity (Wildman–Crippen MR) is 87.1 cm³/mol. The number of benzene rings is 2. The third kappa shape index (κ3) is 3.54. The Kier molecular flexibility index (Phi) is 4.40. The molecule has 1 aliphatic rings. The number of aryl methyl sites for hydroxylation is 1. The summed E-state index contributed by atoms with van der Waals surface area (Å²) in [5.74, 6) is 1.14. The zero-order valence-electron chi connectivity index (χ0n) is 12.7. The topological polar surface area (TPSA) is 20.2 Å². The fourth-order valence-corrected chi connectivity index (χ4v) is 3.57. The summed E-state index contributed by atoms with van der Waals surface area (Å²) in [7, 11) is 0. The monoisotopic (exact) mass is 280 g/mol. The maximum absolute atomic E-state index is 10.5. The first kappa shape index (κ1) is 14.3. The predicted octanol–water partition coefficient (Wildman–Crippen LogP) is 4.69. The molecule has 0 bridgehead atoms. The second-order valence-corrected chi connectivity index (χ2v) is 6.48. The molecule has 0 aliphatic heterocycles. The van der Waals surface area contributed by atoms with Crippen molar-refractivity contribution in [2.45, 2.75) is 38.7 Å². The maximum Gasteiger partial charge on any atom is 0.0818 e. The lowest BCUT2D eigenvalue weighted by atomic mass is 9.91. The average molecular weight is 280 g/mol. The van der Waals surface area contributed by atoms with Crippen LogP contribution in [-0.2, 0) is 6.42 Å². The van der Waals surface area contributed by atoms with Gasteiger partial charge in [-0.2, -0.15) is 0 Å². The lowest BCUT2D eigenvalue weighted by molar-refractivity contribution is 0.109. The van der Waals surface area contributed by atoms with Crippen molar-refractivity contribution in [3.05, 3.63) is 71.3 Å². The molecule has 0 aromatic heterocycles. The van der Waals surface area contributed by atoms with E-state index in [9.17, 15) is 5.11 Å². The molecule has 2 aromatic carbocycles. The summed E-state index contributed by atoms with van der Waals surface area (Å²) in [4.78, 5) is 0. The normalized spacial score (nSPS) is 23.1. The van der Waals surface area contributed by atoms with E-state index in [2.05, 4.69) is 31.2 Å². The first-order valence-corrected chi connectivity index (χ1v) is 8.01. The number of rotatable bonds is 4.